The Bertz CT molecular complexity index is 522. The fourth-order valence-electron chi connectivity index (χ4n) is 2.02. The van der Waals surface area contributed by atoms with Crippen molar-refractivity contribution in [2.45, 2.75) is 26.6 Å². The second-order valence-corrected chi connectivity index (χ2v) is 5.28. The van der Waals surface area contributed by atoms with Gasteiger partial charge in [0.25, 0.3) is 5.69 Å². The number of hydrogen-bond acceptors (Lipinski definition) is 4. The molecule has 0 bridgehead atoms. The molecular formula is C14H17NO4. The lowest BCUT2D eigenvalue weighted by Gasteiger charge is -2.12. The van der Waals surface area contributed by atoms with Crippen LogP contribution in [0.5, 0.6) is 0 Å². The minimum Gasteiger partial charge on any atom is -0.386 e. The second-order valence-electron chi connectivity index (χ2n) is 5.28. The van der Waals surface area contributed by atoms with Crippen molar-refractivity contribution in [1.82, 2.24) is 0 Å². The molecule has 0 aromatic heterocycles. The molecule has 1 unspecified atom stereocenters. The van der Waals surface area contributed by atoms with Crippen LogP contribution in [0.15, 0.2) is 35.9 Å². The summed E-state index contributed by atoms with van der Waals surface area (Å²) in [7, 11) is 0. The highest BCUT2D eigenvalue weighted by molar-refractivity contribution is 5.39. The first-order valence-corrected chi connectivity index (χ1v) is 6.12. The maximum absolute atomic E-state index is 10.6. The lowest BCUT2D eigenvalue weighted by Crippen LogP contribution is -2.17. The van der Waals surface area contributed by atoms with Crippen molar-refractivity contribution in [3.63, 3.8) is 0 Å². The molecule has 0 heterocycles. The Morgan fingerprint density at radius 3 is 2.74 bits per heavy atom. The van der Waals surface area contributed by atoms with Crippen LogP contribution in [-0.2, 0) is 11.3 Å². The largest absolute Gasteiger partial charge is 0.386 e. The molecule has 1 aromatic carbocycles. The number of nitro benzene ring substituents is 1. The molecule has 0 aliphatic heterocycles. The van der Waals surface area contributed by atoms with Gasteiger partial charge in [0.05, 0.1) is 24.2 Å². The summed E-state index contributed by atoms with van der Waals surface area (Å²) in [5.74, 6) is 0. The van der Waals surface area contributed by atoms with Crippen LogP contribution in [0.4, 0.5) is 5.69 Å². The molecule has 102 valence electrons. The van der Waals surface area contributed by atoms with Crippen LogP contribution in [0, 0.1) is 15.5 Å². The molecule has 2 rings (SSSR count). The third-order valence-electron chi connectivity index (χ3n) is 3.20. The standard InChI is InChI=1S/C14H17NO4/c1-14(2)7-12(14)13(16)9-19-8-10-4-3-5-11(6-10)15(17)18/h3-7,13,16H,8-9H2,1-2H3. The van der Waals surface area contributed by atoms with E-state index in [1.807, 2.05) is 19.9 Å². The van der Waals surface area contributed by atoms with Gasteiger partial charge in [0.1, 0.15) is 0 Å². The van der Waals surface area contributed by atoms with E-state index in [4.69, 9.17) is 4.74 Å². The van der Waals surface area contributed by atoms with Gasteiger partial charge in [-0.3, -0.25) is 10.1 Å². The number of aliphatic hydroxyl groups excluding tert-OH is 1. The third-order valence-corrected chi connectivity index (χ3v) is 3.20. The second kappa shape index (κ2) is 5.11. The Hall–Kier alpha value is -1.72. The van der Waals surface area contributed by atoms with Crippen LogP contribution < -0.4 is 0 Å². The molecule has 0 radical (unpaired) electrons. The maximum atomic E-state index is 10.6. The Labute approximate surface area is 111 Å². The Morgan fingerprint density at radius 1 is 1.47 bits per heavy atom. The van der Waals surface area contributed by atoms with Crippen LogP contribution in [0.2, 0.25) is 0 Å². The quantitative estimate of drug-likeness (QED) is 0.486. The minimum absolute atomic E-state index is 0.00824. The Morgan fingerprint density at radius 2 is 2.16 bits per heavy atom. The molecule has 0 saturated carbocycles. The number of non-ortho nitro benzene ring substituents is 1. The summed E-state index contributed by atoms with van der Waals surface area (Å²) in [6.45, 7) is 4.53. The molecule has 5 heteroatoms. The fourth-order valence-corrected chi connectivity index (χ4v) is 2.02. The number of hydrogen-bond donors (Lipinski definition) is 1. The molecule has 1 aromatic rings. The van der Waals surface area contributed by atoms with E-state index < -0.39 is 11.0 Å². The molecule has 0 spiro atoms. The first-order valence-electron chi connectivity index (χ1n) is 6.12. The lowest BCUT2D eigenvalue weighted by molar-refractivity contribution is -0.384. The number of rotatable bonds is 6. The maximum Gasteiger partial charge on any atom is 0.269 e. The van der Waals surface area contributed by atoms with Gasteiger partial charge in [0.15, 0.2) is 0 Å². The highest BCUT2D eigenvalue weighted by Crippen LogP contribution is 2.44. The SMILES string of the molecule is CC1(C)C=C1C(O)COCc1cccc([N+](=O)[O-])c1. The van der Waals surface area contributed by atoms with Gasteiger partial charge >= 0.3 is 0 Å². The van der Waals surface area contributed by atoms with E-state index in [9.17, 15) is 15.2 Å². The first-order chi connectivity index (χ1) is 8.90. The molecule has 1 aliphatic rings. The third kappa shape index (κ3) is 3.39. The van der Waals surface area contributed by atoms with Crippen molar-refractivity contribution in [3.05, 3.63) is 51.6 Å². The van der Waals surface area contributed by atoms with Crippen molar-refractivity contribution in [2.24, 2.45) is 5.41 Å². The summed E-state index contributed by atoms with van der Waals surface area (Å²) in [6, 6.07) is 6.31. The highest BCUT2D eigenvalue weighted by Gasteiger charge is 2.38. The van der Waals surface area contributed by atoms with Crippen molar-refractivity contribution < 1.29 is 14.8 Å². The van der Waals surface area contributed by atoms with Gasteiger partial charge in [0.2, 0.25) is 0 Å². The zero-order chi connectivity index (χ0) is 14.0. The Kier molecular flexibility index (Phi) is 3.68. The van der Waals surface area contributed by atoms with Crippen LogP contribution in [0.25, 0.3) is 0 Å². The van der Waals surface area contributed by atoms with E-state index in [1.165, 1.54) is 12.1 Å². The lowest BCUT2D eigenvalue weighted by atomic mass is 10.0. The number of nitrogens with zero attached hydrogens (tertiary/aromatic N) is 1. The van der Waals surface area contributed by atoms with Crippen LogP contribution >= 0.6 is 0 Å². The topological polar surface area (TPSA) is 72.6 Å². The van der Waals surface area contributed by atoms with Crippen LogP contribution in [0.1, 0.15) is 19.4 Å². The predicted octanol–water partition coefficient (Wildman–Crippen LogP) is 2.44. The monoisotopic (exact) mass is 263 g/mol. The molecule has 19 heavy (non-hydrogen) atoms. The molecule has 1 N–H and O–H groups in total. The number of benzene rings is 1. The van der Waals surface area contributed by atoms with E-state index >= 15 is 0 Å². The smallest absolute Gasteiger partial charge is 0.269 e. The highest BCUT2D eigenvalue weighted by atomic mass is 16.6. The van der Waals surface area contributed by atoms with E-state index in [-0.39, 0.29) is 24.3 Å². The Balaban J connectivity index is 1.81. The van der Waals surface area contributed by atoms with Crippen molar-refractivity contribution >= 4 is 5.69 Å². The normalized spacial score (nSPS) is 17.7. The molecule has 0 saturated heterocycles. The van der Waals surface area contributed by atoms with Gasteiger partial charge in [-0.2, -0.15) is 0 Å². The summed E-state index contributed by atoms with van der Waals surface area (Å²) < 4.78 is 5.40. The average molecular weight is 263 g/mol. The summed E-state index contributed by atoms with van der Waals surface area (Å²) in [6.07, 6.45) is 1.42. The zero-order valence-corrected chi connectivity index (χ0v) is 11.0. The number of aliphatic hydroxyl groups is 1. The van der Waals surface area contributed by atoms with Gasteiger partial charge in [-0.05, 0) is 11.1 Å². The van der Waals surface area contributed by atoms with Gasteiger partial charge in [-0.15, -0.1) is 0 Å². The van der Waals surface area contributed by atoms with Crippen molar-refractivity contribution in [2.75, 3.05) is 6.61 Å². The molecule has 5 nitrogen and oxygen atoms in total. The minimum atomic E-state index is -0.589. The van der Waals surface area contributed by atoms with Crippen molar-refractivity contribution in [3.8, 4) is 0 Å². The molecule has 1 aliphatic carbocycles. The summed E-state index contributed by atoms with van der Waals surface area (Å²) >= 11 is 0. The summed E-state index contributed by atoms with van der Waals surface area (Å²) in [5, 5.41) is 20.5. The predicted molar refractivity (Wildman–Crippen MR) is 70.6 cm³/mol. The molecular weight excluding hydrogens is 246 g/mol. The van der Waals surface area contributed by atoms with Gasteiger partial charge in [-0.25, -0.2) is 0 Å². The van der Waals surface area contributed by atoms with Gasteiger partial charge in [-0.1, -0.05) is 32.1 Å². The van der Waals surface area contributed by atoms with Gasteiger partial charge < -0.3 is 9.84 Å². The van der Waals surface area contributed by atoms with E-state index in [1.54, 1.807) is 12.1 Å². The summed E-state index contributed by atoms with van der Waals surface area (Å²) in [5.41, 5.74) is 1.78. The average Bonchev–Trinajstić information content (AvgIpc) is 2.99. The number of allylic oxidation sites excluding steroid dienone is 1. The molecule has 1 atom stereocenters. The van der Waals surface area contributed by atoms with Crippen LogP contribution in [-0.4, -0.2) is 22.7 Å². The van der Waals surface area contributed by atoms with Crippen LogP contribution in [0.3, 0.4) is 0 Å². The summed E-state index contributed by atoms with van der Waals surface area (Å²) in [4.78, 5) is 10.2. The van der Waals surface area contributed by atoms with E-state index in [0.717, 1.165) is 11.1 Å². The number of nitro groups is 1. The number of ether oxygens (including phenoxy) is 1. The molecule has 0 fully saturated rings. The first kappa shape index (κ1) is 13.7. The zero-order valence-electron chi connectivity index (χ0n) is 11.0. The van der Waals surface area contributed by atoms with Crippen molar-refractivity contribution in [1.29, 1.82) is 0 Å². The fraction of sp³-hybridized carbons (Fsp3) is 0.429. The van der Waals surface area contributed by atoms with Gasteiger partial charge in [0, 0.05) is 17.5 Å². The van der Waals surface area contributed by atoms with E-state index in [2.05, 4.69) is 0 Å². The molecule has 0 amide bonds. The van der Waals surface area contributed by atoms with E-state index in [0.29, 0.717) is 0 Å².